The van der Waals surface area contributed by atoms with Crippen LogP contribution in [0.15, 0.2) is 36.5 Å². The van der Waals surface area contributed by atoms with Crippen LogP contribution in [0, 0.1) is 0 Å². The molecule has 0 unspecified atom stereocenters. The molecule has 35 heavy (non-hydrogen) atoms. The van der Waals surface area contributed by atoms with Crippen LogP contribution >= 0.6 is 7.82 Å². The Kier molecular flexibility index (Phi) is 17.6. The van der Waals surface area contributed by atoms with Gasteiger partial charge in [-0.1, -0.05) is 19.7 Å². The molecule has 0 fully saturated rings. The lowest BCUT2D eigenvalue weighted by molar-refractivity contribution is -0.142. The van der Waals surface area contributed by atoms with Gasteiger partial charge in [0.2, 0.25) is 0 Å². The minimum atomic E-state index is -4.21. The summed E-state index contributed by atoms with van der Waals surface area (Å²) in [5, 5.41) is 0. The third-order valence-electron chi connectivity index (χ3n) is 3.31. The van der Waals surface area contributed by atoms with Crippen LogP contribution in [0.3, 0.4) is 0 Å². The first-order chi connectivity index (χ1) is 16.5. The largest absolute Gasteiger partial charge is 0.481 e. The third kappa shape index (κ3) is 17.7. The molecule has 0 aromatic rings. The fourth-order valence-electron chi connectivity index (χ4n) is 1.54. The van der Waals surface area contributed by atoms with Gasteiger partial charge < -0.3 is 28.4 Å². The van der Waals surface area contributed by atoms with Gasteiger partial charge in [-0.25, -0.2) is 18.9 Å². The summed E-state index contributed by atoms with van der Waals surface area (Å²) in [7, 11) is -4.21. The van der Waals surface area contributed by atoms with E-state index in [0.29, 0.717) is 0 Å². The fourth-order valence-corrected chi connectivity index (χ4v) is 2.38. The molecule has 0 aromatic carbocycles. The van der Waals surface area contributed by atoms with Crippen LogP contribution in [-0.2, 0) is 60.9 Å². The quantitative estimate of drug-likeness (QED) is 0.0540. The normalized spacial score (nSPS) is 10.9. The Morgan fingerprint density at radius 2 is 0.800 bits per heavy atom. The highest BCUT2D eigenvalue weighted by Crippen LogP contribution is 2.49. The van der Waals surface area contributed by atoms with Crippen LogP contribution in [0.2, 0.25) is 0 Å². The maximum Gasteiger partial charge on any atom is 0.481 e. The topological polar surface area (TPSA) is 151 Å². The van der Waals surface area contributed by atoms with Crippen molar-refractivity contribution in [3.63, 3.8) is 0 Å². The monoisotopic (exact) mass is 524 g/mol. The lowest BCUT2D eigenvalue weighted by atomic mass is 10.4. The van der Waals surface area contributed by atoms with Crippen molar-refractivity contribution in [1.29, 1.82) is 0 Å². The molecule has 0 aliphatic heterocycles. The first-order valence-corrected chi connectivity index (χ1v) is 11.7. The summed E-state index contributed by atoms with van der Waals surface area (Å²) in [6, 6.07) is 0. The van der Waals surface area contributed by atoms with E-state index in [0.717, 1.165) is 0 Å². The smallest absolute Gasteiger partial charge is 0.460 e. The van der Waals surface area contributed by atoms with Crippen LogP contribution in [0.4, 0.5) is 0 Å². The zero-order valence-electron chi connectivity index (χ0n) is 20.2. The van der Waals surface area contributed by atoms with E-state index in [1.165, 1.54) is 20.8 Å². The van der Waals surface area contributed by atoms with Crippen molar-refractivity contribution in [2.24, 2.45) is 0 Å². The minimum Gasteiger partial charge on any atom is -0.460 e. The Hall–Kier alpha value is -2.38. The summed E-state index contributed by atoms with van der Waals surface area (Å²) in [6.45, 7) is 12.8. The van der Waals surface area contributed by atoms with Crippen molar-refractivity contribution in [1.82, 2.24) is 0 Å². The highest BCUT2D eigenvalue weighted by molar-refractivity contribution is 7.48. The van der Waals surface area contributed by atoms with Crippen LogP contribution in [0.5, 0.6) is 0 Å². The average Bonchev–Trinajstić information content (AvgIpc) is 2.79. The zero-order chi connectivity index (χ0) is 26.7. The van der Waals surface area contributed by atoms with Gasteiger partial charge in [0.1, 0.15) is 19.8 Å². The molecule has 0 saturated carbocycles. The molecule has 0 radical (unpaired) electrons. The molecule has 13 nitrogen and oxygen atoms in total. The molecule has 0 spiro atoms. The first kappa shape index (κ1) is 32.6. The second-order valence-corrected chi connectivity index (χ2v) is 8.33. The standard InChI is InChI=1S/C21H33O13P/c1-16(2)19(22)29-10-7-26-13-32-35(25,33-14-27-8-11-30-20(23)17(3)4)34-15-28-9-12-31-21(24)18(5)6/h1,3,5,7-15H2,2,4,6H3. The Balaban J connectivity index is 4.40. The summed E-state index contributed by atoms with van der Waals surface area (Å²) in [6.07, 6.45) is 0. The number of phosphoric acid groups is 1. The van der Waals surface area contributed by atoms with E-state index in [2.05, 4.69) is 19.7 Å². The number of hydrogen-bond acceptors (Lipinski definition) is 13. The first-order valence-electron chi connectivity index (χ1n) is 10.2. The maximum atomic E-state index is 12.7. The van der Waals surface area contributed by atoms with Gasteiger partial charge in [-0.2, -0.15) is 0 Å². The molecule has 0 aromatic heterocycles. The van der Waals surface area contributed by atoms with Gasteiger partial charge >= 0.3 is 25.7 Å². The van der Waals surface area contributed by atoms with Gasteiger partial charge in [-0.05, 0) is 20.8 Å². The zero-order valence-corrected chi connectivity index (χ0v) is 21.1. The van der Waals surface area contributed by atoms with Crippen LogP contribution in [0.25, 0.3) is 0 Å². The number of ether oxygens (including phenoxy) is 6. The van der Waals surface area contributed by atoms with Gasteiger partial charge in [0.15, 0.2) is 20.4 Å². The van der Waals surface area contributed by atoms with E-state index in [9.17, 15) is 18.9 Å². The van der Waals surface area contributed by atoms with E-state index in [1.807, 2.05) is 0 Å². The number of rotatable bonds is 21. The number of esters is 3. The van der Waals surface area contributed by atoms with Crippen LogP contribution in [-0.4, -0.2) is 77.9 Å². The summed E-state index contributed by atoms with van der Waals surface area (Å²) >= 11 is 0. The van der Waals surface area contributed by atoms with E-state index in [4.69, 9.17) is 42.0 Å². The summed E-state index contributed by atoms with van der Waals surface area (Å²) in [5.41, 5.74) is 0.698. The molecule has 0 amide bonds. The predicted molar refractivity (Wildman–Crippen MR) is 121 cm³/mol. The van der Waals surface area contributed by atoms with Crippen molar-refractivity contribution in [2.75, 3.05) is 60.0 Å². The highest BCUT2D eigenvalue weighted by Gasteiger charge is 2.27. The summed E-state index contributed by atoms with van der Waals surface area (Å²) in [5.74, 6) is -1.74. The fraction of sp³-hybridized carbons (Fsp3) is 0.571. The lowest BCUT2D eigenvalue weighted by Gasteiger charge is -2.18. The molecule has 0 aliphatic rings. The number of hydrogen-bond donors (Lipinski definition) is 0. The number of phosphoric ester groups is 1. The summed E-state index contributed by atoms with van der Waals surface area (Å²) in [4.78, 5) is 33.8. The lowest BCUT2D eigenvalue weighted by Crippen LogP contribution is -2.15. The SMILES string of the molecule is C=C(C)C(=O)OCCOCOP(=O)(OCOCCOC(=O)C(=C)C)OCOCCOC(=O)C(=C)C. The Bertz CT molecular complexity index is 677. The highest BCUT2D eigenvalue weighted by atomic mass is 31.2. The van der Waals surface area contributed by atoms with Crippen LogP contribution in [0.1, 0.15) is 20.8 Å². The molecule has 0 N–H and O–H groups in total. The molecule has 0 heterocycles. The van der Waals surface area contributed by atoms with Gasteiger partial charge in [-0.3, -0.25) is 13.6 Å². The molecular formula is C21H33O13P. The van der Waals surface area contributed by atoms with E-state index >= 15 is 0 Å². The maximum absolute atomic E-state index is 12.7. The van der Waals surface area contributed by atoms with Crippen molar-refractivity contribution in [2.45, 2.75) is 20.8 Å². The molecule has 0 atom stereocenters. The minimum absolute atomic E-state index is 0.0613. The predicted octanol–water partition coefficient (Wildman–Crippen LogP) is 2.42. The van der Waals surface area contributed by atoms with E-state index < -0.39 is 46.1 Å². The summed E-state index contributed by atoms with van der Waals surface area (Å²) < 4.78 is 57.5. The molecular weight excluding hydrogens is 491 g/mol. The molecule has 0 aliphatic carbocycles. The average molecular weight is 524 g/mol. The van der Waals surface area contributed by atoms with Gasteiger partial charge in [0, 0.05) is 16.7 Å². The molecule has 0 bridgehead atoms. The third-order valence-corrected chi connectivity index (χ3v) is 4.58. The number of carbonyl (C=O) groups excluding carboxylic acids is 3. The Morgan fingerprint density at radius 1 is 0.543 bits per heavy atom. The van der Waals surface area contributed by atoms with Gasteiger partial charge in [0.05, 0.1) is 19.8 Å². The van der Waals surface area contributed by atoms with Crippen molar-refractivity contribution >= 4 is 25.7 Å². The molecule has 200 valence electrons. The van der Waals surface area contributed by atoms with Crippen molar-refractivity contribution < 1.29 is 60.9 Å². The van der Waals surface area contributed by atoms with Crippen molar-refractivity contribution in [3.05, 3.63) is 36.5 Å². The van der Waals surface area contributed by atoms with Gasteiger partial charge in [0.25, 0.3) is 0 Å². The van der Waals surface area contributed by atoms with Gasteiger partial charge in [-0.15, -0.1) is 0 Å². The number of carbonyl (C=O) groups is 3. The second-order valence-electron chi connectivity index (χ2n) is 6.66. The van der Waals surface area contributed by atoms with E-state index in [1.54, 1.807) is 0 Å². The van der Waals surface area contributed by atoms with Crippen molar-refractivity contribution in [3.8, 4) is 0 Å². The molecule has 14 heteroatoms. The molecule has 0 saturated heterocycles. The second kappa shape index (κ2) is 18.9. The van der Waals surface area contributed by atoms with E-state index in [-0.39, 0.29) is 56.4 Å². The Labute approximate surface area is 204 Å². The molecule has 0 rings (SSSR count). The van der Waals surface area contributed by atoms with Crippen LogP contribution < -0.4 is 0 Å². The Morgan fingerprint density at radius 3 is 1.03 bits per heavy atom.